The van der Waals surface area contributed by atoms with Crippen molar-refractivity contribution in [1.82, 2.24) is 14.8 Å². The molecule has 0 unspecified atom stereocenters. The van der Waals surface area contributed by atoms with Gasteiger partial charge in [0.15, 0.2) is 11.0 Å². The minimum absolute atomic E-state index is 0.153. The number of unbranched alkanes of at least 4 members (excludes halogenated alkanes) is 1. The van der Waals surface area contributed by atoms with Crippen molar-refractivity contribution in [3.63, 3.8) is 0 Å². The van der Waals surface area contributed by atoms with Crippen molar-refractivity contribution in [3.05, 3.63) is 60.6 Å². The molecule has 1 N–H and O–H groups in total. The van der Waals surface area contributed by atoms with Crippen LogP contribution in [0.1, 0.15) is 35.9 Å². The maximum Gasteiger partial charge on any atom is 0.338 e. The van der Waals surface area contributed by atoms with Crippen molar-refractivity contribution < 1.29 is 18.7 Å². The average molecular weight is 455 g/mol. The summed E-state index contributed by atoms with van der Waals surface area (Å²) in [6, 6.07) is 8.47. The maximum atomic E-state index is 12.4. The second-order valence-electron chi connectivity index (χ2n) is 7.00. The third kappa shape index (κ3) is 5.88. The lowest BCUT2D eigenvalue weighted by Crippen LogP contribution is -2.15. The standard InChI is InChI=1S/C23H26N4O4S/c1-4-6-13-31-22(29)17-7-9-18(10-8-17)24-20(28)15-32-23-26-25-21(27(23)12-5-2)19-11-14-30-16(19)3/h5,7-11,14H,2,4,6,12-13,15H2,1,3H3,(H,24,28). The number of benzene rings is 1. The van der Waals surface area contributed by atoms with E-state index in [1.807, 2.05) is 24.5 Å². The topological polar surface area (TPSA) is 99.2 Å². The molecule has 3 aromatic rings. The Balaban J connectivity index is 1.58. The number of hydrogen-bond donors (Lipinski definition) is 1. The number of aryl methyl sites for hydroxylation is 1. The highest BCUT2D eigenvalue weighted by Gasteiger charge is 2.17. The zero-order chi connectivity index (χ0) is 22.9. The molecule has 168 valence electrons. The summed E-state index contributed by atoms with van der Waals surface area (Å²) in [4.78, 5) is 24.4. The van der Waals surface area contributed by atoms with E-state index in [0.717, 1.165) is 24.2 Å². The van der Waals surface area contributed by atoms with E-state index in [0.29, 0.717) is 35.4 Å². The Labute approximate surface area is 191 Å². The highest BCUT2D eigenvalue weighted by molar-refractivity contribution is 7.99. The van der Waals surface area contributed by atoms with E-state index in [9.17, 15) is 9.59 Å². The number of carbonyl (C=O) groups excluding carboxylic acids is 2. The largest absolute Gasteiger partial charge is 0.469 e. The number of furan rings is 1. The molecule has 9 heteroatoms. The number of hydrogen-bond acceptors (Lipinski definition) is 7. The highest BCUT2D eigenvalue weighted by Crippen LogP contribution is 2.27. The normalized spacial score (nSPS) is 10.7. The van der Waals surface area contributed by atoms with Crippen LogP contribution in [0.3, 0.4) is 0 Å². The SMILES string of the molecule is C=CCn1c(SCC(=O)Nc2ccc(C(=O)OCCCC)cc2)nnc1-c1ccoc1C. The van der Waals surface area contributed by atoms with E-state index in [2.05, 4.69) is 22.1 Å². The summed E-state index contributed by atoms with van der Waals surface area (Å²) < 4.78 is 12.4. The smallest absolute Gasteiger partial charge is 0.338 e. The number of esters is 1. The number of aromatic nitrogens is 3. The quantitative estimate of drug-likeness (QED) is 0.194. The van der Waals surface area contributed by atoms with Crippen LogP contribution < -0.4 is 5.32 Å². The van der Waals surface area contributed by atoms with Crippen molar-refractivity contribution in [3.8, 4) is 11.4 Å². The Bertz CT molecular complexity index is 1070. The van der Waals surface area contributed by atoms with Crippen molar-refractivity contribution >= 4 is 29.3 Å². The molecule has 0 radical (unpaired) electrons. The van der Waals surface area contributed by atoms with Gasteiger partial charge in [0.25, 0.3) is 0 Å². The fraction of sp³-hybridized carbons (Fsp3) is 0.304. The van der Waals surface area contributed by atoms with E-state index >= 15 is 0 Å². The summed E-state index contributed by atoms with van der Waals surface area (Å²) >= 11 is 1.28. The van der Waals surface area contributed by atoms with Gasteiger partial charge in [0.1, 0.15) is 5.76 Å². The molecule has 0 aliphatic carbocycles. The summed E-state index contributed by atoms with van der Waals surface area (Å²) in [5.74, 6) is 1.01. The van der Waals surface area contributed by atoms with Gasteiger partial charge in [-0.1, -0.05) is 31.2 Å². The third-order valence-corrected chi connectivity index (χ3v) is 5.56. The van der Waals surface area contributed by atoms with Crippen molar-refractivity contribution in [2.24, 2.45) is 0 Å². The first kappa shape index (κ1) is 23.3. The van der Waals surface area contributed by atoms with Crippen LogP contribution in [0, 0.1) is 6.92 Å². The molecular weight excluding hydrogens is 428 g/mol. The van der Waals surface area contributed by atoms with E-state index in [4.69, 9.17) is 9.15 Å². The summed E-state index contributed by atoms with van der Waals surface area (Å²) in [5, 5.41) is 11.9. The van der Waals surface area contributed by atoms with Crippen LogP contribution in [0.25, 0.3) is 11.4 Å². The molecule has 0 saturated carbocycles. The molecule has 0 aliphatic rings. The fourth-order valence-corrected chi connectivity index (χ4v) is 3.66. The lowest BCUT2D eigenvalue weighted by molar-refractivity contribution is -0.113. The number of anilines is 1. The van der Waals surface area contributed by atoms with Gasteiger partial charge in [-0.2, -0.15) is 0 Å². The predicted octanol–water partition coefficient (Wildman–Crippen LogP) is 4.72. The maximum absolute atomic E-state index is 12.4. The van der Waals surface area contributed by atoms with Crippen molar-refractivity contribution in [1.29, 1.82) is 0 Å². The summed E-state index contributed by atoms with van der Waals surface area (Å²) in [7, 11) is 0. The molecule has 2 heterocycles. The predicted molar refractivity (Wildman–Crippen MR) is 124 cm³/mol. The minimum Gasteiger partial charge on any atom is -0.469 e. The van der Waals surface area contributed by atoms with Crippen LogP contribution in [-0.2, 0) is 16.1 Å². The highest BCUT2D eigenvalue weighted by atomic mass is 32.2. The first-order chi connectivity index (χ1) is 15.5. The average Bonchev–Trinajstić information content (AvgIpc) is 3.38. The van der Waals surface area contributed by atoms with E-state index < -0.39 is 0 Å². The van der Waals surface area contributed by atoms with Gasteiger partial charge in [0.2, 0.25) is 5.91 Å². The number of ether oxygens (including phenoxy) is 1. The monoisotopic (exact) mass is 454 g/mol. The molecular formula is C23H26N4O4S. The Kier molecular flexibility index (Phi) is 8.27. The van der Waals surface area contributed by atoms with Gasteiger partial charge in [0.05, 0.1) is 29.7 Å². The zero-order valence-electron chi connectivity index (χ0n) is 18.2. The van der Waals surface area contributed by atoms with Crippen LogP contribution in [0.5, 0.6) is 0 Å². The van der Waals surface area contributed by atoms with Gasteiger partial charge < -0.3 is 14.5 Å². The molecule has 2 aromatic heterocycles. The minimum atomic E-state index is -0.364. The third-order valence-electron chi connectivity index (χ3n) is 4.60. The number of amides is 1. The zero-order valence-corrected chi connectivity index (χ0v) is 19.0. The number of thioether (sulfide) groups is 1. The van der Waals surface area contributed by atoms with Gasteiger partial charge >= 0.3 is 5.97 Å². The van der Waals surface area contributed by atoms with Gasteiger partial charge in [-0.05, 0) is 43.7 Å². The molecule has 3 rings (SSSR count). The van der Waals surface area contributed by atoms with Crippen LogP contribution >= 0.6 is 11.8 Å². The summed E-state index contributed by atoms with van der Waals surface area (Å²) in [5.41, 5.74) is 1.90. The molecule has 0 spiro atoms. The molecule has 8 nitrogen and oxygen atoms in total. The van der Waals surface area contributed by atoms with Gasteiger partial charge in [0, 0.05) is 12.2 Å². The number of nitrogens with one attached hydrogen (secondary N) is 1. The number of carbonyl (C=O) groups is 2. The molecule has 1 aromatic carbocycles. The van der Waals surface area contributed by atoms with Crippen LogP contribution in [0.4, 0.5) is 5.69 Å². The number of allylic oxidation sites excluding steroid dienone is 1. The van der Waals surface area contributed by atoms with Crippen LogP contribution in [-0.4, -0.2) is 39.0 Å². The molecule has 1 amide bonds. The fourth-order valence-electron chi connectivity index (χ4n) is 2.91. The van der Waals surface area contributed by atoms with Crippen molar-refractivity contribution in [2.45, 2.75) is 38.4 Å². The second kappa shape index (κ2) is 11.3. The van der Waals surface area contributed by atoms with Gasteiger partial charge in [-0.25, -0.2) is 4.79 Å². The molecule has 0 aliphatic heterocycles. The Hall–Kier alpha value is -3.33. The van der Waals surface area contributed by atoms with Gasteiger partial charge in [-0.15, -0.1) is 16.8 Å². The Morgan fingerprint density at radius 1 is 1.25 bits per heavy atom. The number of rotatable bonds is 11. The number of nitrogens with zero attached hydrogens (tertiary/aromatic N) is 3. The molecule has 0 saturated heterocycles. The summed E-state index contributed by atoms with van der Waals surface area (Å²) in [6.07, 6.45) is 5.15. The van der Waals surface area contributed by atoms with Crippen LogP contribution in [0.2, 0.25) is 0 Å². The molecule has 0 fully saturated rings. The summed E-state index contributed by atoms with van der Waals surface area (Å²) in [6.45, 7) is 8.60. The first-order valence-corrected chi connectivity index (χ1v) is 11.3. The molecule has 0 atom stereocenters. The first-order valence-electron chi connectivity index (χ1n) is 10.3. The lowest BCUT2D eigenvalue weighted by atomic mass is 10.2. The van der Waals surface area contributed by atoms with Crippen molar-refractivity contribution in [2.75, 3.05) is 17.7 Å². The molecule has 0 bridgehead atoms. The van der Waals surface area contributed by atoms with Gasteiger partial charge in [-0.3, -0.25) is 9.36 Å². The van der Waals surface area contributed by atoms with E-state index in [1.54, 1.807) is 36.6 Å². The van der Waals surface area contributed by atoms with Crippen LogP contribution in [0.15, 0.2) is 58.8 Å². The molecule has 32 heavy (non-hydrogen) atoms. The lowest BCUT2D eigenvalue weighted by Gasteiger charge is -2.08. The van der Waals surface area contributed by atoms with E-state index in [1.165, 1.54) is 11.8 Å². The van der Waals surface area contributed by atoms with E-state index in [-0.39, 0.29) is 17.6 Å². The Morgan fingerprint density at radius 3 is 2.69 bits per heavy atom. The Morgan fingerprint density at radius 2 is 2.03 bits per heavy atom. The second-order valence-corrected chi connectivity index (χ2v) is 7.94.